The molecule has 2 heteroatoms. The fourth-order valence-corrected chi connectivity index (χ4v) is 2.20. The highest BCUT2D eigenvalue weighted by atomic mass is 35.5. The Bertz CT molecular complexity index is 333. The van der Waals surface area contributed by atoms with E-state index in [9.17, 15) is 0 Å². The van der Waals surface area contributed by atoms with E-state index in [1.165, 1.54) is 16.7 Å². The highest BCUT2D eigenvalue weighted by molar-refractivity contribution is 6.31. The summed E-state index contributed by atoms with van der Waals surface area (Å²) in [6.07, 6.45) is 1.09. The molecule has 0 bridgehead atoms. The van der Waals surface area contributed by atoms with Gasteiger partial charge in [0.1, 0.15) is 0 Å². The number of nitrogens with zero attached hydrogens (tertiary/aromatic N) is 1. The van der Waals surface area contributed by atoms with E-state index in [0.717, 1.165) is 24.5 Å². The van der Waals surface area contributed by atoms with E-state index < -0.39 is 0 Å². The van der Waals surface area contributed by atoms with Gasteiger partial charge < -0.3 is 4.90 Å². The molecule has 13 heavy (non-hydrogen) atoms. The van der Waals surface area contributed by atoms with E-state index in [2.05, 4.69) is 24.9 Å². The van der Waals surface area contributed by atoms with Crippen LogP contribution in [-0.2, 0) is 13.0 Å². The molecule has 0 spiro atoms. The molecular formula is C11H14ClN. The summed E-state index contributed by atoms with van der Waals surface area (Å²) in [7, 11) is 2.16. The first-order valence-electron chi connectivity index (χ1n) is 4.64. The number of likely N-dealkylation sites (N-methyl/N-ethyl adjacent to an activating group) is 1. The van der Waals surface area contributed by atoms with Gasteiger partial charge >= 0.3 is 0 Å². The third-order valence-corrected chi connectivity index (χ3v) is 3.13. The largest absolute Gasteiger partial charge is 0.302 e. The van der Waals surface area contributed by atoms with Crippen LogP contribution in [0.15, 0.2) is 12.1 Å². The molecular weight excluding hydrogens is 182 g/mol. The lowest BCUT2D eigenvalue weighted by atomic mass is 9.96. The van der Waals surface area contributed by atoms with E-state index in [1.807, 2.05) is 6.07 Å². The molecule has 0 saturated carbocycles. The minimum Gasteiger partial charge on any atom is -0.302 e. The number of fused-ring (bicyclic) bond motifs is 1. The Morgan fingerprint density at radius 3 is 2.85 bits per heavy atom. The highest BCUT2D eigenvalue weighted by Gasteiger charge is 2.16. The highest BCUT2D eigenvalue weighted by Crippen LogP contribution is 2.27. The van der Waals surface area contributed by atoms with Crippen LogP contribution in [0.25, 0.3) is 0 Å². The molecule has 1 heterocycles. The molecule has 0 saturated heterocycles. The van der Waals surface area contributed by atoms with Crippen molar-refractivity contribution in [3.63, 3.8) is 0 Å². The quantitative estimate of drug-likeness (QED) is 0.615. The number of aryl methyl sites for hydroxylation is 1. The molecule has 0 unspecified atom stereocenters. The molecule has 1 aromatic rings. The summed E-state index contributed by atoms with van der Waals surface area (Å²) in [4.78, 5) is 2.34. The summed E-state index contributed by atoms with van der Waals surface area (Å²) in [6, 6.07) is 4.13. The smallest absolute Gasteiger partial charge is 0.0441 e. The van der Waals surface area contributed by atoms with Crippen LogP contribution in [0.2, 0.25) is 5.02 Å². The summed E-state index contributed by atoms with van der Waals surface area (Å²) in [5, 5.41) is 0.939. The first-order chi connectivity index (χ1) is 6.18. The molecule has 2 rings (SSSR count). The summed E-state index contributed by atoms with van der Waals surface area (Å²) >= 11 is 6.14. The molecule has 0 atom stereocenters. The van der Waals surface area contributed by atoms with Gasteiger partial charge in [-0.05, 0) is 43.1 Å². The number of hydrogen-bond donors (Lipinski definition) is 0. The van der Waals surface area contributed by atoms with Crippen molar-refractivity contribution < 1.29 is 0 Å². The lowest BCUT2D eigenvalue weighted by molar-refractivity contribution is 0.312. The van der Waals surface area contributed by atoms with Crippen LogP contribution < -0.4 is 0 Å². The predicted molar refractivity (Wildman–Crippen MR) is 56.2 cm³/mol. The molecule has 0 fully saturated rings. The van der Waals surface area contributed by atoms with Gasteiger partial charge in [-0.1, -0.05) is 17.7 Å². The van der Waals surface area contributed by atoms with Gasteiger partial charge in [-0.15, -0.1) is 0 Å². The fourth-order valence-electron chi connectivity index (χ4n) is 1.92. The maximum Gasteiger partial charge on any atom is 0.0441 e. The zero-order valence-electron chi connectivity index (χ0n) is 8.10. The summed E-state index contributed by atoms with van der Waals surface area (Å²) in [5.41, 5.74) is 4.16. The van der Waals surface area contributed by atoms with Gasteiger partial charge in [0, 0.05) is 18.1 Å². The zero-order valence-corrected chi connectivity index (χ0v) is 8.86. The monoisotopic (exact) mass is 195 g/mol. The molecule has 1 nitrogen and oxygen atoms in total. The Kier molecular flexibility index (Phi) is 2.31. The molecule has 1 aromatic carbocycles. The second-order valence-electron chi connectivity index (χ2n) is 3.81. The second-order valence-corrected chi connectivity index (χ2v) is 4.22. The van der Waals surface area contributed by atoms with Crippen LogP contribution in [0.5, 0.6) is 0 Å². The molecule has 0 N–H and O–H groups in total. The van der Waals surface area contributed by atoms with Crippen molar-refractivity contribution >= 4 is 11.6 Å². The third-order valence-electron chi connectivity index (χ3n) is 2.78. The first kappa shape index (κ1) is 9.04. The van der Waals surface area contributed by atoms with Crippen LogP contribution in [-0.4, -0.2) is 18.5 Å². The minimum absolute atomic E-state index is 0.939. The van der Waals surface area contributed by atoms with E-state index >= 15 is 0 Å². The van der Waals surface area contributed by atoms with Crippen molar-refractivity contribution in [3.05, 3.63) is 33.8 Å². The molecule has 0 radical (unpaired) electrons. The maximum atomic E-state index is 6.14. The Hall–Kier alpha value is -0.530. The molecule has 0 amide bonds. The Morgan fingerprint density at radius 2 is 2.08 bits per heavy atom. The van der Waals surface area contributed by atoms with E-state index in [4.69, 9.17) is 11.6 Å². The van der Waals surface area contributed by atoms with Gasteiger partial charge in [-0.25, -0.2) is 0 Å². The van der Waals surface area contributed by atoms with Crippen molar-refractivity contribution in [2.75, 3.05) is 13.6 Å². The molecule has 70 valence electrons. The van der Waals surface area contributed by atoms with Gasteiger partial charge in [0.25, 0.3) is 0 Å². The normalized spacial score (nSPS) is 17.2. The lowest BCUT2D eigenvalue weighted by Crippen LogP contribution is -2.27. The average Bonchev–Trinajstić information content (AvgIpc) is 2.12. The van der Waals surface area contributed by atoms with E-state index in [0.29, 0.717) is 0 Å². The molecule has 0 aliphatic carbocycles. The average molecular weight is 196 g/mol. The van der Waals surface area contributed by atoms with Crippen molar-refractivity contribution in [1.29, 1.82) is 0 Å². The third kappa shape index (κ3) is 1.59. The van der Waals surface area contributed by atoms with E-state index in [1.54, 1.807) is 0 Å². The summed E-state index contributed by atoms with van der Waals surface area (Å²) in [5.74, 6) is 0. The zero-order chi connectivity index (χ0) is 9.42. The second kappa shape index (κ2) is 3.32. The fraction of sp³-hybridized carbons (Fsp3) is 0.455. The first-order valence-corrected chi connectivity index (χ1v) is 5.01. The molecule has 0 aromatic heterocycles. The van der Waals surface area contributed by atoms with Crippen LogP contribution >= 0.6 is 11.6 Å². The standard InChI is InChI=1S/C11H14ClN/c1-8-3-4-11(12)9-5-6-13(2)7-10(8)9/h3-4H,5-7H2,1-2H3. The van der Waals surface area contributed by atoms with Crippen LogP contribution in [0.4, 0.5) is 0 Å². The maximum absolute atomic E-state index is 6.14. The molecule has 1 aliphatic rings. The van der Waals surface area contributed by atoms with Crippen LogP contribution in [0, 0.1) is 6.92 Å². The lowest BCUT2D eigenvalue weighted by Gasteiger charge is -2.27. The van der Waals surface area contributed by atoms with Gasteiger partial charge in [0.05, 0.1) is 0 Å². The van der Waals surface area contributed by atoms with Gasteiger partial charge in [0.15, 0.2) is 0 Å². The predicted octanol–water partition coefficient (Wildman–Crippen LogP) is 2.64. The van der Waals surface area contributed by atoms with Crippen LogP contribution in [0.3, 0.4) is 0 Å². The Morgan fingerprint density at radius 1 is 1.31 bits per heavy atom. The van der Waals surface area contributed by atoms with Crippen molar-refractivity contribution in [1.82, 2.24) is 4.90 Å². The topological polar surface area (TPSA) is 3.24 Å². The van der Waals surface area contributed by atoms with Crippen LogP contribution in [0.1, 0.15) is 16.7 Å². The summed E-state index contributed by atoms with van der Waals surface area (Å²) in [6.45, 7) is 4.33. The Labute approximate surface area is 84.3 Å². The SMILES string of the molecule is Cc1ccc(Cl)c2c1CN(C)CC2. The van der Waals surface area contributed by atoms with Gasteiger partial charge in [-0.2, -0.15) is 0 Å². The van der Waals surface area contributed by atoms with Gasteiger partial charge in [0.2, 0.25) is 0 Å². The number of rotatable bonds is 0. The van der Waals surface area contributed by atoms with Crippen molar-refractivity contribution in [3.8, 4) is 0 Å². The van der Waals surface area contributed by atoms with Gasteiger partial charge in [-0.3, -0.25) is 0 Å². The Balaban J connectivity index is 2.51. The van der Waals surface area contributed by atoms with E-state index in [-0.39, 0.29) is 0 Å². The summed E-state index contributed by atoms with van der Waals surface area (Å²) < 4.78 is 0. The number of hydrogen-bond acceptors (Lipinski definition) is 1. The number of benzene rings is 1. The van der Waals surface area contributed by atoms with Crippen molar-refractivity contribution in [2.24, 2.45) is 0 Å². The minimum atomic E-state index is 0.939. The molecule has 1 aliphatic heterocycles. The van der Waals surface area contributed by atoms with Crippen molar-refractivity contribution in [2.45, 2.75) is 19.9 Å². The number of halogens is 1.